The van der Waals surface area contributed by atoms with Crippen LogP contribution in [0.5, 0.6) is 11.5 Å². The molecule has 4 heteroatoms. The molecule has 0 amide bonds. The molecule has 0 spiro atoms. The van der Waals surface area contributed by atoms with Crippen LogP contribution in [0.3, 0.4) is 0 Å². The number of esters is 1. The first-order valence-corrected chi connectivity index (χ1v) is 4.21. The van der Waals surface area contributed by atoms with Crippen LogP contribution in [0.25, 0.3) is 0 Å². The standard InChI is InChI=1S/C11H10O4/c1-15-11(14)4-2-3-8-5-6-9(12)10(13)7-8/h5-7,12-13H,4H2,1H3. The number of methoxy groups -OCH3 is 1. The minimum absolute atomic E-state index is 0.00185. The van der Waals surface area contributed by atoms with Crippen LogP contribution in [-0.4, -0.2) is 23.3 Å². The van der Waals surface area contributed by atoms with Gasteiger partial charge in [-0.1, -0.05) is 11.8 Å². The summed E-state index contributed by atoms with van der Waals surface area (Å²) >= 11 is 0. The zero-order valence-corrected chi connectivity index (χ0v) is 8.15. The van der Waals surface area contributed by atoms with Crippen LogP contribution in [0, 0.1) is 11.8 Å². The maximum absolute atomic E-state index is 10.7. The van der Waals surface area contributed by atoms with Crippen molar-refractivity contribution in [1.29, 1.82) is 0 Å². The van der Waals surface area contributed by atoms with Crippen LogP contribution in [0.4, 0.5) is 0 Å². The topological polar surface area (TPSA) is 66.8 Å². The first-order chi connectivity index (χ1) is 7.13. The van der Waals surface area contributed by atoms with Crippen molar-refractivity contribution < 1.29 is 19.7 Å². The lowest BCUT2D eigenvalue weighted by molar-refractivity contribution is -0.139. The normalized spacial score (nSPS) is 8.87. The minimum Gasteiger partial charge on any atom is -0.504 e. The number of phenols is 2. The number of hydrogen-bond donors (Lipinski definition) is 2. The zero-order valence-electron chi connectivity index (χ0n) is 8.15. The fourth-order valence-electron chi connectivity index (χ4n) is 0.892. The summed E-state index contributed by atoms with van der Waals surface area (Å²) in [6, 6.07) is 4.19. The van der Waals surface area contributed by atoms with Crippen LogP contribution < -0.4 is 0 Å². The van der Waals surface area contributed by atoms with Gasteiger partial charge in [0.15, 0.2) is 11.5 Å². The van der Waals surface area contributed by atoms with E-state index in [4.69, 9.17) is 10.2 Å². The van der Waals surface area contributed by atoms with Crippen molar-refractivity contribution in [3.05, 3.63) is 23.8 Å². The summed E-state index contributed by atoms with van der Waals surface area (Å²) in [6.45, 7) is 0. The highest BCUT2D eigenvalue weighted by molar-refractivity contribution is 5.72. The molecule has 0 radical (unpaired) electrons. The highest BCUT2D eigenvalue weighted by atomic mass is 16.5. The van der Waals surface area contributed by atoms with Crippen molar-refractivity contribution in [2.75, 3.05) is 7.11 Å². The third-order valence-electron chi connectivity index (χ3n) is 1.67. The first-order valence-electron chi connectivity index (χ1n) is 4.21. The van der Waals surface area contributed by atoms with Crippen molar-refractivity contribution in [1.82, 2.24) is 0 Å². The second kappa shape index (κ2) is 4.91. The second-order valence-electron chi connectivity index (χ2n) is 2.76. The maximum Gasteiger partial charge on any atom is 0.317 e. The Kier molecular flexibility index (Phi) is 3.58. The van der Waals surface area contributed by atoms with E-state index in [9.17, 15) is 4.79 Å². The molecule has 0 saturated heterocycles. The maximum atomic E-state index is 10.7. The quantitative estimate of drug-likeness (QED) is 0.409. The molecule has 1 rings (SSSR count). The van der Waals surface area contributed by atoms with Gasteiger partial charge in [-0.05, 0) is 18.2 Å². The van der Waals surface area contributed by atoms with E-state index in [0.29, 0.717) is 5.56 Å². The van der Waals surface area contributed by atoms with Crippen LogP contribution in [0.1, 0.15) is 12.0 Å². The Labute approximate surface area is 87.1 Å². The predicted octanol–water partition coefficient (Wildman–Crippen LogP) is 1.01. The second-order valence-corrected chi connectivity index (χ2v) is 2.76. The van der Waals surface area contributed by atoms with Crippen LogP contribution in [0.2, 0.25) is 0 Å². The molecule has 78 valence electrons. The zero-order chi connectivity index (χ0) is 11.3. The molecule has 2 N–H and O–H groups in total. The molecule has 1 aromatic rings. The van der Waals surface area contributed by atoms with Gasteiger partial charge in [-0.25, -0.2) is 0 Å². The van der Waals surface area contributed by atoms with Gasteiger partial charge in [0, 0.05) is 5.56 Å². The monoisotopic (exact) mass is 206 g/mol. The van der Waals surface area contributed by atoms with E-state index >= 15 is 0 Å². The summed E-state index contributed by atoms with van der Waals surface area (Å²) in [4.78, 5) is 10.7. The molecule has 15 heavy (non-hydrogen) atoms. The van der Waals surface area contributed by atoms with Crippen molar-refractivity contribution in [3.63, 3.8) is 0 Å². The lowest BCUT2D eigenvalue weighted by Gasteiger charge is -1.96. The molecule has 0 unspecified atom stereocenters. The molecule has 1 aromatic carbocycles. The van der Waals surface area contributed by atoms with Crippen molar-refractivity contribution in [3.8, 4) is 23.3 Å². The summed E-state index contributed by atoms with van der Waals surface area (Å²) in [6.07, 6.45) is -0.00185. The predicted molar refractivity (Wildman–Crippen MR) is 53.3 cm³/mol. The molecular weight excluding hydrogens is 196 g/mol. The van der Waals surface area contributed by atoms with Gasteiger partial charge in [-0.2, -0.15) is 0 Å². The van der Waals surface area contributed by atoms with Gasteiger partial charge >= 0.3 is 5.97 Å². The van der Waals surface area contributed by atoms with Crippen LogP contribution in [0.15, 0.2) is 18.2 Å². The molecule has 0 atom stereocenters. The Hall–Kier alpha value is -2.15. The van der Waals surface area contributed by atoms with E-state index in [2.05, 4.69) is 16.6 Å². The molecule has 0 bridgehead atoms. The summed E-state index contributed by atoms with van der Waals surface area (Å²) in [5.41, 5.74) is 0.522. The minimum atomic E-state index is -0.412. The highest BCUT2D eigenvalue weighted by Gasteiger charge is 1.98. The van der Waals surface area contributed by atoms with Gasteiger partial charge in [0.05, 0.1) is 7.11 Å². The van der Waals surface area contributed by atoms with E-state index in [-0.39, 0.29) is 17.9 Å². The largest absolute Gasteiger partial charge is 0.504 e. The number of aromatic hydroxyl groups is 2. The number of hydrogen-bond acceptors (Lipinski definition) is 4. The van der Waals surface area contributed by atoms with E-state index < -0.39 is 5.97 Å². The number of ether oxygens (including phenoxy) is 1. The first kappa shape index (κ1) is 10.9. The fraction of sp³-hybridized carbons (Fsp3) is 0.182. The SMILES string of the molecule is COC(=O)CC#Cc1ccc(O)c(O)c1. The Morgan fingerprint density at radius 3 is 2.73 bits per heavy atom. The van der Waals surface area contributed by atoms with Crippen molar-refractivity contribution in [2.45, 2.75) is 6.42 Å². The van der Waals surface area contributed by atoms with Gasteiger partial charge < -0.3 is 14.9 Å². The average molecular weight is 206 g/mol. The molecule has 0 aliphatic carbocycles. The molecule has 0 aromatic heterocycles. The average Bonchev–Trinajstić information content (AvgIpc) is 2.23. The Morgan fingerprint density at radius 2 is 2.13 bits per heavy atom. The lowest BCUT2D eigenvalue weighted by atomic mass is 10.2. The molecule has 0 aliphatic rings. The number of rotatable bonds is 1. The van der Waals surface area contributed by atoms with Crippen LogP contribution >= 0.6 is 0 Å². The molecule has 0 aliphatic heterocycles. The van der Waals surface area contributed by atoms with Crippen molar-refractivity contribution >= 4 is 5.97 Å². The van der Waals surface area contributed by atoms with Crippen LogP contribution in [-0.2, 0) is 9.53 Å². The van der Waals surface area contributed by atoms with Gasteiger partial charge in [0.1, 0.15) is 6.42 Å². The molecule has 0 saturated carbocycles. The van der Waals surface area contributed by atoms with Gasteiger partial charge in [0.25, 0.3) is 0 Å². The summed E-state index contributed by atoms with van der Waals surface area (Å²) in [5.74, 6) is 4.39. The third kappa shape index (κ3) is 3.24. The molecule has 0 fully saturated rings. The van der Waals surface area contributed by atoms with E-state index in [1.165, 1.54) is 19.2 Å². The lowest BCUT2D eigenvalue weighted by Crippen LogP contribution is -1.96. The van der Waals surface area contributed by atoms with E-state index in [1.54, 1.807) is 6.07 Å². The Balaban J connectivity index is 2.72. The van der Waals surface area contributed by atoms with Gasteiger partial charge in [0.2, 0.25) is 0 Å². The fourth-order valence-corrected chi connectivity index (χ4v) is 0.892. The van der Waals surface area contributed by atoms with Crippen molar-refractivity contribution in [2.24, 2.45) is 0 Å². The van der Waals surface area contributed by atoms with E-state index in [1.807, 2.05) is 0 Å². The number of phenolic OH excluding ortho intramolecular Hbond substituents is 2. The van der Waals surface area contributed by atoms with Gasteiger partial charge in [-0.3, -0.25) is 4.79 Å². The Morgan fingerprint density at radius 1 is 1.40 bits per heavy atom. The molecule has 0 heterocycles. The Bertz CT molecular complexity index is 426. The smallest absolute Gasteiger partial charge is 0.317 e. The molecular formula is C11H10O4. The van der Waals surface area contributed by atoms with Gasteiger partial charge in [-0.15, -0.1) is 0 Å². The summed E-state index contributed by atoms with van der Waals surface area (Å²) in [5, 5.41) is 18.2. The number of benzene rings is 1. The number of carbonyl (C=O) groups is 1. The number of carbonyl (C=O) groups excluding carboxylic acids is 1. The van der Waals surface area contributed by atoms with E-state index in [0.717, 1.165) is 0 Å². The summed E-state index contributed by atoms with van der Waals surface area (Å²) in [7, 11) is 1.29. The third-order valence-corrected chi connectivity index (χ3v) is 1.67. The highest BCUT2D eigenvalue weighted by Crippen LogP contribution is 2.24. The molecule has 4 nitrogen and oxygen atoms in total. The summed E-state index contributed by atoms with van der Waals surface area (Å²) < 4.78 is 4.40.